The van der Waals surface area contributed by atoms with Gasteiger partial charge in [-0.1, -0.05) is 42.5 Å². The Kier molecular flexibility index (Phi) is 4.05. The Bertz CT molecular complexity index is 797. The minimum atomic E-state index is -0.0723. The van der Waals surface area contributed by atoms with Crippen molar-refractivity contribution in [2.45, 2.75) is 13.5 Å². The third kappa shape index (κ3) is 3.26. The molecule has 3 aromatic rings. The molecule has 1 N–H and O–H groups in total. The van der Waals surface area contributed by atoms with Crippen LogP contribution in [0.2, 0.25) is 0 Å². The van der Waals surface area contributed by atoms with Crippen molar-refractivity contribution < 1.29 is 9.53 Å². The molecule has 0 unspecified atom stereocenters. The first-order valence-electron chi connectivity index (χ1n) is 7.19. The largest absolute Gasteiger partial charge is 0.489 e. The van der Waals surface area contributed by atoms with Gasteiger partial charge in [0.1, 0.15) is 12.4 Å². The normalized spacial score (nSPS) is 10.4. The Labute approximate surface area is 129 Å². The monoisotopic (exact) mass is 291 g/mol. The van der Waals surface area contributed by atoms with Gasteiger partial charge in [0.15, 0.2) is 0 Å². The van der Waals surface area contributed by atoms with E-state index >= 15 is 0 Å². The van der Waals surface area contributed by atoms with Gasteiger partial charge >= 0.3 is 0 Å². The molecule has 0 atom stereocenters. The first kappa shape index (κ1) is 14.1. The van der Waals surface area contributed by atoms with Gasteiger partial charge in [-0.2, -0.15) is 0 Å². The maximum absolute atomic E-state index is 11.2. The van der Waals surface area contributed by atoms with Gasteiger partial charge in [-0.05, 0) is 35.2 Å². The van der Waals surface area contributed by atoms with Crippen LogP contribution in [0.1, 0.15) is 12.5 Å². The molecule has 0 aliphatic heterocycles. The smallest absolute Gasteiger partial charge is 0.221 e. The van der Waals surface area contributed by atoms with E-state index in [1.165, 1.54) is 6.92 Å². The molecule has 0 spiro atoms. The van der Waals surface area contributed by atoms with Crippen molar-refractivity contribution >= 4 is 22.4 Å². The SMILES string of the molecule is CC(=O)Nc1cccc2cc(OCc3ccccc3)ccc12. The van der Waals surface area contributed by atoms with Crippen LogP contribution in [-0.4, -0.2) is 5.91 Å². The Morgan fingerprint density at radius 3 is 2.59 bits per heavy atom. The zero-order chi connectivity index (χ0) is 15.4. The second kappa shape index (κ2) is 6.31. The van der Waals surface area contributed by atoms with Crippen LogP contribution in [0.25, 0.3) is 10.8 Å². The molecule has 110 valence electrons. The average Bonchev–Trinajstić information content (AvgIpc) is 2.53. The molecule has 0 bridgehead atoms. The summed E-state index contributed by atoms with van der Waals surface area (Å²) in [4.78, 5) is 11.2. The molecule has 0 radical (unpaired) electrons. The minimum Gasteiger partial charge on any atom is -0.489 e. The van der Waals surface area contributed by atoms with Gasteiger partial charge in [0.05, 0.1) is 0 Å². The highest BCUT2D eigenvalue weighted by Gasteiger charge is 2.04. The van der Waals surface area contributed by atoms with E-state index in [9.17, 15) is 4.79 Å². The lowest BCUT2D eigenvalue weighted by Gasteiger charge is -2.10. The van der Waals surface area contributed by atoms with E-state index in [1.54, 1.807) is 0 Å². The lowest BCUT2D eigenvalue weighted by Crippen LogP contribution is -2.05. The summed E-state index contributed by atoms with van der Waals surface area (Å²) in [6.07, 6.45) is 0. The summed E-state index contributed by atoms with van der Waals surface area (Å²) >= 11 is 0. The molecule has 22 heavy (non-hydrogen) atoms. The number of anilines is 1. The Balaban J connectivity index is 1.82. The first-order valence-corrected chi connectivity index (χ1v) is 7.19. The van der Waals surface area contributed by atoms with E-state index in [0.29, 0.717) is 6.61 Å². The fraction of sp³-hybridized carbons (Fsp3) is 0.105. The number of amides is 1. The van der Waals surface area contributed by atoms with Crippen molar-refractivity contribution in [2.24, 2.45) is 0 Å². The van der Waals surface area contributed by atoms with Crippen LogP contribution < -0.4 is 10.1 Å². The van der Waals surface area contributed by atoms with Gasteiger partial charge in [-0.3, -0.25) is 4.79 Å². The van der Waals surface area contributed by atoms with Crippen LogP contribution in [0.3, 0.4) is 0 Å². The van der Waals surface area contributed by atoms with Gasteiger partial charge in [0.25, 0.3) is 0 Å². The summed E-state index contributed by atoms with van der Waals surface area (Å²) in [5, 5.41) is 4.89. The second-order valence-corrected chi connectivity index (χ2v) is 5.14. The molecule has 0 aromatic heterocycles. The molecule has 0 heterocycles. The number of hydrogen-bond acceptors (Lipinski definition) is 2. The van der Waals surface area contributed by atoms with Crippen molar-refractivity contribution in [3.63, 3.8) is 0 Å². The van der Waals surface area contributed by atoms with E-state index in [0.717, 1.165) is 27.8 Å². The highest BCUT2D eigenvalue weighted by atomic mass is 16.5. The van der Waals surface area contributed by atoms with Crippen LogP contribution in [-0.2, 0) is 11.4 Å². The lowest BCUT2D eigenvalue weighted by atomic mass is 10.1. The summed E-state index contributed by atoms with van der Waals surface area (Å²) in [7, 11) is 0. The molecule has 3 nitrogen and oxygen atoms in total. The zero-order valence-electron chi connectivity index (χ0n) is 12.4. The Morgan fingerprint density at radius 1 is 1.00 bits per heavy atom. The number of carbonyl (C=O) groups is 1. The van der Waals surface area contributed by atoms with Crippen molar-refractivity contribution in [3.8, 4) is 5.75 Å². The number of fused-ring (bicyclic) bond motifs is 1. The standard InChI is InChI=1S/C19H17NO2/c1-14(21)20-19-9-5-8-16-12-17(10-11-18(16)19)22-13-15-6-3-2-4-7-15/h2-12H,13H2,1H3,(H,20,21). The van der Waals surface area contributed by atoms with Gasteiger partial charge in [0, 0.05) is 18.0 Å². The summed E-state index contributed by atoms with van der Waals surface area (Å²) in [6, 6.07) is 21.8. The number of ether oxygens (including phenoxy) is 1. The number of hydrogen-bond donors (Lipinski definition) is 1. The van der Waals surface area contributed by atoms with Crippen molar-refractivity contribution in [1.82, 2.24) is 0 Å². The van der Waals surface area contributed by atoms with Gasteiger partial charge in [-0.15, -0.1) is 0 Å². The van der Waals surface area contributed by atoms with Crippen molar-refractivity contribution in [1.29, 1.82) is 0 Å². The molecule has 0 aliphatic carbocycles. The molecule has 0 saturated heterocycles. The van der Waals surface area contributed by atoms with E-state index in [2.05, 4.69) is 5.32 Å². The maximum atomic E-state index is 11.2. The third-order valence-corrected chi connectivity index (χ3v) is 3.41. The van der Waals surface area contributed by atoms with Crippen LogP contribution in [0.4, 0.5) is 5.69 Å². The predicted molar refractivity (Wildman–Crippen MR) is 89.0 cm³/mol. The number of benzene rings is 3. The predicted octanol–water partition coefficient (Wildman–Crippen LogP) is 4.38. The maximum Gasteiger partial charge on any atom is 0.221 e. The van der Waals surface area contributed by atoms with Crippen LogP contribution in [0.15, 0.2) is 66.7 Å². The molecule has 3 heteroatoms. The summed E-state index contributed by atoms with van der Waals surface area (Å²) in [6.45, 7) is 2.05. The zero-order valence-corrected chi connectivity index (χ0v) is 12.4. The third-order valence-electron chi connectivity index (χ3n) is 3.41. The van der Waals surface area contributed by atoms with E-state index in [4.69, 9.17) is 4.74 Å². The first-order chi connectivity index (χ1) is 10.7. The van der Waals surface area contributed by atoms with Crippen LogP contribution in [0, 0.1) is 0 Å². The number of carbonyl (C=O) groups excluding carboxylic acids is 1. The average molecular weight is 291 g/mol. The summed E-state index contributed by atoms with van der Waals surface area (Å²) in [5.41, 5.74) is 1.95. The molecule has 3 aromatic carbocycles. The molecule has 3 rings (SSSR count). The van der Waals surface area contributed by atoms with Crippen LogP contribution >= 0.6 is 0 Å². The van der Waals surface area contributed by atoms with Crippen molar-refractivity contribution in [2.75, 3.05) is 5.32 Å². The van der Waals surface area contributed by atoms with E-state index in [-0.39, 0.29) is 5.91 Å². The Morgan fingerprint density at radius 2 is 1.82 bits per heavy atom. The van der Waals surface area contributed by atoms with Crippen LogP contribution in [0.5, 0.6) is 5.75 Å². The molecule has 0 saturated carbocycles. The van der Waals surface area contributed by atoms with Crippen molar-refractivity contribution in [3.05, 3.63) is 72.3 Å². The lowest BCUT2D eigenvalue weighted by molar-refractivity contribution is -0.114. The minimum absolute atomic E-state index is 0.0723. The fourth-order valence-electron chi connectivity index (χ4n) is 2.39. The molecule has 0 aliphatic rings. The van der Waals surface area contributed by atoms with E-state index in [1.807, 2.05) is 66.7 Å². The van der Waals surface area contributed by atoms with E-state index < -0.39 is 0 Å². The molecule has 0 fully saturated rings. The highest BCUT2D eigenvalue weighted by Crippen LogP contribution is 2.27. The number of nitrogens with one attached hydrogen (secondary N) is 1. The highest BCUT2D eigenvalue weighted by molar-refractivity contribution is 6.01. The summed E-state index contributed by atoms with van der Waals surface area (Å²) < 4.78 is 5.83. The second-order valence-electron chi connectivity index (χ2n) is 5.14. The molecule has 1 amide bonds. The fourth-order valence-corrected chi connectivity index (χ4v) is 2.39. The Hall–Kier alpha value is -2.81. The topological polar surface area (TPSA) is 38.3 Å². The molecular formula is C19H17NO2. The number of rotatable bonds is 4. The summed E-state index contributed by atoms with van der Waals surface area (Å²) in [5.74, 6) is 0.744. The quantitative estimate of drug-likeness (QED) is 0.774. The van der Waals surface area contributed by atoms with Gasteiger partial charge < -0.3 is 10.1 Å². The van der Waals surface area contributed by atoms with Gasteiger partial charge in [0.2, 0.25) is 5.91 Å². The molecular weight excluding hydrogens is 274 g/mol. The van der Waals surface area contributed by atoms with Gasteiger partial charge in [-0.25, -0.2) is 0 Å².